The number of aromatic nitrogens is 3. The molecule has 0 radical (unpaired) electrons. The Labute approximate surface area is 141 Å². The van der Waals surface area contributed by atoms with Crippen molar-refractivity contribution in [2.24, 2.45) is 18.4 Å². The summed E-state index contributed by atoms with van der Waals surface area (Å²) in [6, 6.07) is 0.0802. The molecule has 2 fully saturated rings. The van der Waals surface area contributed by atoms with Crippen LogP contribution in [0.2, 0.25) is 0 Å². The average molecular weight is 335 g/mol. The van der Waals surface area contributed by atoms with Crippen molar-refractivity contribution in [1.29, 1.82) is 0 Å². The predicted molar refractivity (Wildman–Crippen MR) is 86.2 cm³/mol. The Morgan fingerprint density at radius 1 is 1.38 bits per heavy atom. The summed E-state index contributed by atoms with van der Waals surface area (Å²) in [6.45, 7) is 6.14. The number of hydrogen-bond acceptors (Lipinski definition) is 5. The summed E-state index contributed by atoms with van der Waals surface area (Å²) in [5, 5.41) is 7.10. The van der Waals surface area contributed by atoms with E-state index in [4.69, 9.17) is 4.74 Å². The average Bonchev–Trinajstić information content (AvgIpc) is 3.11. The van der Waals surface area contributed by atoms with Crippen LogP contribution in [-0.2, 0) is 16.6 Å². The number of nitrogens with zero attached hydrogens (tertiary/aromatic N) is 4. The Hall–Kier alpha value is -1.96. The van der Waals surface area contributed by atoms with Gasteiger partial charge < -0.3 is 15.0 Å². The van der Waals surface area contributed by atoms with Gasteiger partial charge in [0.1, 0.15) is 6.33 Å². The number of likely N-dealkylation sites (tertiary alicyclic amines) is 1. The van der Waals surface area contributed by atoms with Crippen molar-refractivity contribution in [1.82, 2.24) is 25.0 Å². The van der Waals surface area contributed by atoms with Gasteiger partial charge in [-0.25, -0.2) is 4.98 Å². The lowest BCUT2D eigenvalue weighted by atomic mass is 9.71. The third kappa shape index (κ3) is 3.15. The van der Waals surface area contributed by atoms with E-state index in [0.717, 1.165) is 12.8 Å². The van der Waals surface area contributed by atoms with Crippen LogP contribution in [0.4, 0.5) is 0 Å². The first-order valence-electron chi connectivity index (χ1n) is 8.44. The summed E-state index contributed by atoms with van der Waals surface area (Å²) in [4.78, 5) is 31.2. The molecule has 0 bridgehead atoms. The molecule has 1 aromatic heterocycles. The summed E-state index contributed by atoms with van der Waals surface area (Å²) in [5.74, 6) is -0.210. The highest BCUT2D eigenvalue weighted by molar-refractivity contribution is 5.91. The fraction of sp³-hybridized carbons (Fsp3) is 0.750. The molecule has 132 valence electrons. The molecule has 0 aromatic carbocycles. The van der Waals surface area contributed by atoms with Crippen molar-refractivity contribution in [3.05, 3.63) is 12.2 Å². The topological polar surface area (TPSA) is 89.4 Å². The maximum atomic E-state index is 12.7. The van der Waals surface area contributed by atoms with Crippen LogP contribution < -0.4 is 5.32 Å². The SMILES string of the molecule is CC(C)NC(=O)[C@H]1CN(C(=O)c2ncn(C)n2)CC12CCOCC2. The molecule has 0 unspecified atom stereocenters. The van der Waals surface area contributed by atoms with E-state index < -0.39 is 0 Å². The largest absolute Gasteiger partial charge is 0.381 e. The molecule has 2 aliphatic heterocycles. The molecule has 3 heterocycles. The highest BCUT2D eigenvalue weighted by Crippen LogP contribution is 2.44. The normalized spacial score (nSPS) is 23.0. The van der Waals surface area contributed by atoms with Gasteiger partial charge in [0.25, 0.3) is 5.91 Å². The number of hydrogen-bond donors (Lipinski definition) is 1. The first-order chi connectivity index (χ1) is 11.4. The molecule has 1 atom stereocenters. The van der Waals surface area contributed by atoms with Crippen LogP contribution in [0.15, 0.2) is 6.33 Å². The van der Waals surface area contributed by atoms with Crippen molar-refractivity contribution in [3.8, 4) is 0 Å². The first-order valence-corrected chi connectivity index (χ1v) is 8.44. The Kier molecular flexibility index (Phi) is 4.58. The Balaban J connectivity index is 1.81. The molecular weight excluding hydrogens is 310 g/mol. The molecule has 8 heteroatoms. The predicted octanol–water partition coefficient (Wildman–Crippen LogP) is 0.209. The Bertz CT molecular complexity index is 621. The number of carbonyl (C=O) groups excluding carboxylic acids is 2. The summed E-state index contributed by atoms with van der Waals surface area (Å²) < 4.78 is 7.00. The van der Waals surface area contributed by atoms with Crippen LogP contribution >= 0.6 is 0 Å². The van der Waals surface area contributed by atoms with Crippen molar-refractivity contribution in [3.63, 3.8) is 0 Å². The molecule has 8 nitrogen and oxygen atoms in total. The second-order valence-electron chi connectivity index (χ2n) is 7.12. The van der Waals surface area contributed by atoms with Crippen LogP contribution in [0.3, 0.4) is 0 Å². The van der Waals surface area contributed by atoms with Crippen molar-refractivity contribution in [2.75, 3.05) is 26.3 Å². The van der Waals surface area contributed by atoms with Gasteiger partial charge in [-0.2, -0.15) is 0 Å². The summed E-state index contributed by atoms with van der Waals surface area (Å²) in [6.07, 6.45) is 3.10. The maximum Gasteiger partial charge on any atom is 0.293 e. The lowest BCUT2D eigenvalue weighted by molar-refractivity contribution is -0.130. The zero-order valence-electron chi connectivity index (χ0n) is 14.5. The zero-order valence-corrected chi connectivity index (χ0v) is 14.5. The third-order valence-corrected chi connectivity index (χ3v) is 4.96. The fourth-order valence-electron chi connectivity index (χ4n) is 3.73. The van der Waals surface area contributed by atoms with Gasteiger partial charge in [-0.1, -0.05) is 0 Å². The van der Waals surface area contributed by atoms with E-state index in [1.165, 1.54) is 11.0 Å². The van der Waals surface area contributed by atoms with E-state index in [-0.39, 0.29) is 35.0 Å². The van der Waals surface area contributed by atoms with Gasteiger partial charge >= 0.3 is 0 Å². The fourth-order valence-corrected chi connectivity index (χ4v) is 3.73. The lowest BCUT2D eigenvalue weighted by Crippen LogP contribution is -2.46. The van der Waals surface area contributed by atoms with Gasteiger partial charge in [0.2, 0.25) is 11.7 Å². The van der Waals surface area contributed by atoms with Crippen molar-refractivity contribution >= 4 is 11.8 Å². The third-order valence-electron chi connectivity index (χ3n) is 4.96. The minimum absolute atomic E-state index is 0.0242. The van der Waals surface area contributed by atoms with Gasteiger partial charge in [-0.05, 0) is 26.7 Å². The van der Waals surface area contributed by atoms with Crippen LogP contribution in [0, 0.1) is 11.3 Å². The number of carbonyl (C=O) groups is 2. The van der Waals surface area contributed by atoms with Gasteiger partial charge in [0, 0.05) is 44.8 Å². The minimum atomic E-state index is -0.212. The summed E-state index contributed by atoms with van der Waals surface area (Å²) >= 11 is 0. The zero-order chi connectivity index (χ0) is 17.3. The van der Waals surface area contributed by atoms with Gasteiger partial charge in [-0.3, -0.25) is 14.3 Å². The molecule has 24 heavy (non-hydrogen) atoms. The number of rotatable bonds is 3. The molecule has 1 spiro atoms. The molecule has 3 rings (SSSR count). The quantitative estimate of drug-likeness (QED) is 0.853. The molecule has 0 saturated carbocycles. The van der Waals surface area contributed by atoms with Crippen LogP contribution in [0.5, 0.6) is 0 Å². The Morgan fingerprint density at radius 2 is 2.08 bits per heavy atom. The summed E-state index contributed by atoms with van der Waals surface area (Å²) in [7, 11) is 1.73. The molecule has 2 amide bonds. The number of aryl methyl sites for hydroxylation is 1. The van der Waals surface area contributed by atoms with Gasteiger partial charge in [0.05, 0.1) is 5.92 Å². The second-order valence-corrected chi connectivity index (χ2v) is 7.12. The minimum Gasteiger partial charge on any atom is -0.381 e. The first kappa shape index (κ1) is 16.9. The monoisotopic (exact) mass is 335 g/mol. The van der Waals surface area contributed by atoms with E-state index in [9.17, 15) is 9.59 Å². The molecule has 2 aliphatic rings. The number of nitrogens with one attached hydrogen (secondary N) is 1. The molecule has 1 N–H and O–H groups in total. The number of amides is 2. The van der Waals surface area contributed by atoms with Crippen LogP contribution in [-0.4, -0.2) is 63.8 Å². The standard InChI is InChI=1S/C16H25N5O3/c1-11(2)18-14(22)12-8-21(9-16(12)4-6-24-7-5-16)15(23)13-17-10-20(3)19-13/h10-12H,4-9H2,1-3H3,(H,18,22)/t12-/m1/s1. The van der Waals surface area contributed by atoms with E-state index in [1.807, 2.05) is 13.8 Å². The van der Waals surface area contributed by atoms with E-state index >= 15 is 0 Å². The maximum absolute atomic E-state index is 12.7. The van der Waals surface area contributed by atoms with Crippen molar-refractivity contribution < 1.29 is 14.3 Å². The van der Waals surface area contributed by atoms with E-state index in [2.05, 4.69) is 15.4 Å². The second kappa shape index (κ2) is 6.51. The van der Waals surface area contributed by atoms with Crippen molar-refractivity contribution in [2.45, 2.75) is 32.7 Å². The van der Waals surface area contributed by atoms with Crippen LogP contribution in [0.25, 0.3) is 0 Å². The molecular formula is C16H25N5O3. The highest BCUT2D eigenvalue weighted by atomic mass is 16.5. The Morgan fingerprint density at radius 3 is 2.67 bits per heavy atom. The van der Waals surface area contributed by atoms with Crippen LogP contribution in [0.1, 0.15) is 37.3 Å². The highest BCUT2D eigenvalue weighted by Gasteiger charge is 2.52. The molecule has 2 saturated heterocycles. The molecule has 0 aliphatic carbocycles. The van der Waals surface area contributed by atoms with E-state index in [0.29, 0.717) is 26.3 Å². The molecule has 1 aromatic rings. The summed E-state index contributed by atoms with van der Waals surface area (Å²) in [5.41, 5.74) is -0.207. The van der Waals surface area contributed by atoms with Gasteiger partial charge in [0.15, 0.2) is 0 Å². The lowest BCUT2D eigenvalue weighted by Gasteiger charge is -2.37. The number of ether oxygens (including phenoxy) is 1. The van der Waals surface area contributed by atoms with Gasteiger partial charge in [-0.15, -0.1) is 5.10 Å². The van der Waals surface area contributed by atoms with E-state index in [1.54, 1.807) is 11.9 Å². The smallest absolute Gasteiger partial charge is 0.293 e.